The third-order valence-electron chi connectivity index (χ3n) is 4.96. The van der Waals surface area contributed by atoms with Gasteiger partial charge in [-0.25, -0.2) is 0 Å². The van der Waals surface area contributed by atoms with Crippen molar-refractivity contribution in [2.45, 2.75) is 31.6 Å². The van der Waals surface area contributed by atoms with Gasteiger partial charge >= 0.3 is 0 Å². The van der Waals surface area contributed by atoms with Gasteiger partial charge in [-0.05, 0) is 36.1 Å². The molecule has 0 bridgehead atoms. The van der Waals surface area contributed by atoms with Crippen LogP contribution in [0.4, 0.5) is 0 Å². The van der Waals surface area contributed by atoms with Gasteiger partial charge in [0.25, 0.3) is 0 Å². The fraction of sp³-hybridized carbons (Fsp3) is 0.455. The highest BCUT2D eigenvalue weighted by molar-refractivity contribution is 5.42. The van der Waals surface area contributed by atoms with Gasteiger partial charge in [0.05, 0.1) is 26.4 Å². The third-order valence-corrected chi connectivity index (χ3v) is 4.96. The van der Waals surface area contributed by atoms with Crippen LogP contribution in [-0.4, -0.2) is 50.0 Å². The molecule has 1 heterocycles. The Morgan fingerprint density at radius 1 is 1.11 bits per heavy atom. The molecule has 146 valence electrons. The molecule has 2 unspecified atom stereocenters. The lowest BCUT2D eigenvalue weighted by atomic mass is 10.1. The van der Waals surface area contributed by atoms with E-state index in [1.807, 2.05) is 48.5 Å². The second-order valence-electron chi connectivity index (χ2n) is 6.94. The summed E-state index contributed by atoms with van der Waals surface area (Å²) in [5.41, 5.74) is 2.05. The van der Waals surface area contributed by atoms with Crippen molar-refractivity contribution in [1.29, 1.82) is 0 Å². The molecule has 0 saturated carbocycles. The summed E-state index contributed by atoms with van der Waals surface area (Å²) in [7, 11) is 3.28. The van der Waals surface area contributed by atoms with Crippen LogP contribution >= 0.6 is 0 Å². The highest BCUT2D eigenvalue weighted by atomic mass is 16.5. The van der Waals surface area contributed by atoms with E-state index in [0.717, 1.165) is 48.6 Å². The highest BCUT2D eigenvalue weighted by Gasteiger charge is 2.22. The zero-order chi connectivity index (χ0) is 19.1. The van der Waals surface area contributed by atoms with E-state index in [2.05, 4.69) is 4.90 Å². The first-order valence-electron chi connectivity index (χ1n) is 9.47. The van der Waals surface area contributed by atoms with Crippen LogP contribution in [0.15, 0.2) is 48.5 Å². The fourth-order valence-electron chi connectivity index (χ4n) is 3.54. The average molecular weight is 371 g/mol. The highest BCUT2D eigenvalue weighted by Crippen LogP contribution is 2.28. The molecule has 0 aromatic heterocycles. The predicted octanol–water partition coefficient (Wildman–Crippen LogP) is 3.42. The van der Waals surface area contributed by atoms with Crippen molar-refractivity contribution in [3.05, 3.63) is 59.7 Å². The first kappa shape index (κ1) is 19.7. The molecule has 1 N–H and O–H groups in total. The molecule has 1 fully saturated rings. The van der Waals surface area contributed by atoms with Crippen LogP contribution in [0.2, 0.25) is 0 Å². The van der Waals surface area contributed by atoms with Crippen molar-refractivity contribution < 1.29 is 19.3 Å². The summed E-state index contributed by atoms with van der Waals surface area (Å²) in [5, 5.41) is 10.7. The molecule has 1 aliphatic heterocycles. The van der Waals surface area contributed by atoms with Gasteiger partial charge in [0, 0.05) is 26.2 Å². The van der Waals surface area contributed by atoms with Crippen LogP contribution in [0, 0.1) is 0 Å². The Morgan fingerprint density at radius 2 is 1.89 bits per heavy atom. The topological polar surface area (TPSA) is 51.2 Å². The van der Waals surface area contributed by atoms with Gasteiger partial charge < -0.3 is 19.3 Å². The van der Waals surface area contributed by atoms with Gasteiger partial charge in [0.15, 0.2) is 11.5 Å². The quantitative estimate of drug-likeness (QED) is 0.732. The molecule has 2 aromatic rings. The van der Waals surface area contributed by atoms with E-state index in [-0.39, 0.29) is 6.10 Å². The van der Waals surface area contributed by atoms with Crippen LogP contribution < -0.4 is 9.47 Å². The SMILES string of the molecule is COc1ccc(CN(CC2CCCO2)CC(O)c2ccccc2)cc1OC. The molecule has 2 atom stereocenters. The molecule has 1 saturated heterocycles. The Hall–Kier alpha value is -2.08. The maximum absolute atomic E-state index is 10.7. The number of rotatable bonds is 9. The number of methoxy groups -OCH3 is 2. The summed E-state index contributed by atoms with van der Waals surface area (Å²) in [4.78, 5) is 2.26. The van der Waals surface area contributed by atoms with E-state index in [1.165, 1.54) is 0 Å². The summed E-state index contributed by atoms with van der Waals surface area (Å²) in [5.74, 6) is 1.44. The van der Waals surface area contributed by atoms with E-state index < -0.39 is 6.10 Å². The standard InChI is InChI=1S/C22H29NO4/c1-25-21-11-10-17(13-22(21)26-2)14-23(15-19-9-6-12-27-19)16-20(24)18-7-4-3-5-8-18/h3-5,7-8,10-11,13,19-20,24H,6,9,12,14-16H2,1-2H3. The monoisotopic (exact) mass is 371 g/mol. The smallest absolute Gasteiger partial charge is 0.161 e. The second kappa shape index (κ2) is 9.74. The molecular formula is C22H29NO4. The normalized spacial score (nSPS) is 17.9. The Balaban J connectivity index is 1.73. The van der Waals surface area contributed by atoms with Gasteiger partial charge in [-0.15, -0.1) is 0 Å². The summed E-state index contributed by atoms with van der Waals surface area (Å²) >= 11 is 0. The molecule has 0 radical (unpaired) electrons. The van der Waals surface area contributed by atoms with Crippen LogP contribution in [-0.2, 0) is 11.3 Å². The Labute approximate surface area is 161 Å². The van der Waals surface area contributed by atoms with Gasteiger partial charge in [0.1, 0.15) is 0 Å². The largest absolute Gasteiger partial charge is 0.493 e. The number of hydrogen-bond acceptors (Lipinski definition) is 5. The van der Waals surface area contributed by atoms with E-state index in [1.54, 1.807) is 14.2 Å². The molecule has 27 heavy (non-hydrogen) atoms. The molecule has 5 nitrogen and oxygen atoms in total. The second-order valence-corrected chi connectivity index (χ2v) is 6.94. The Kier molecular flexibility index (Phi) is 7.10. The lowest BCUT2D eigenvalue weighted by Crippen LogP contribution is -2.35. The lowest BCUT2D eigenvalue weighted by molar-refractivity contribution is 0.0460. The molecule has 2 aromatic carbocycles. The van der Waals surface area contributed by atoms with Gasteiger partial charge in [-0.3, -0.25) is 4.90 Å². The lowest BCUT2D eigenvalue weighted by Gasteiger charge is -2.28. The first-order chi connectivity index (χ1) is 13.2. The maximum Gasteiger partial charge on any atom is 0.161 e. The third kappa shape index (κ3) is 5.45. The zero-order valence-electron chi connectivity index (χ0n) is 16.1. The van der Waals surface area contributed by atoms with Crippen LogP contribution in [0.25, 0.3) is 0 Å². The maximum atomic E-state index is 10.7. The predicted molar refractivity (Wildman–Crippen MR) is 105 cm³/mol. The van der Waals surface area contributed by atoms with E-state index >= 15 is 0 Å². The Morgan fingerprint density at radius 3 is 2.56 bits per heavy atom. The molecule has 5 heteroatoms. The number of benzene rings is 2. The summed E-state index contributed by atoms with van der Waals surface area (Å²) in [6.45, 7) is 2.90. The Bertz CT molecular complexity index is 701. The van der Waals surface area contributed by atoms with Gasteiger partial charge in [0.2, 0.25) is 0 Å². The molecule has 0 spiro atoms. The summed E-state index contributed by atoms with van der Waals surface area (Å²) < 4.78 is 16.6. The van der Waals surface area contributed by atoms with Crippen LogP contribution in [0.1, 0.15) is 30.1 Å². The number of aliphatic hydroxyl groups is 1. The van der Waals surface area contributed by atoms with Crippen molar-refractivity contribution in [3.8, 4) is 11.5 Å². The first-order valence-corrected chi connectivity index (χ1v) is 9.47. The minimum atomic E-state index is -0.534. The van der Waals surface area contributed by atoms with Crippen molar-refractivity contribution in [2.24, 2.45) is 0 Å². The molecular weight excluding hydrogens is 342 g/mol. The fourth-order valence-corrected chi connectivity index (χ4v) is 3.54. The molecule has 3 rings (SSSR count). The van der Waals surface area contributed by atoms with Gasteiger partial charge in [-0.1, -0.05) is 36.4 Å². The van der Waals surface area contributed by atoms with Crippen molar-refractivity contribution in [3.63, 3.8) is 0 Å². The van der Waals surface area contributed by atoms with E-state index in [4.69, 9.17) is 14.2 Å². The number of ether oxygens (including phenoxy) is 3. The van der Waals surface area contributed by atoms with Crippen molar-refractivity contribution in [2.75, 3.05) is 33.9 Å². The van der Waals surface area contributed by atoms with E-state index in [9.17, 15) is 5.11 Å². The summed E-state index contributed by atoms with van der Waals surface area (Å²) in [6, 6.07) is 15.8. The number of hydrogen-bond donors (Lipinski definition) is 1. The van der Waals surface area contributed by atoms with Crippen molar-refractivity contribution >= 4 is 0 Å². The summed E-state index contributed by atoms with van der Waals surface area (Å²) in [6.07, 6.45) is 1.88. The van der Waals surface area contributed by atoms with Crippen LogP contribution in [0.5, 0.6) is 11.5 Å². The molecule has 0 amide bonds. The van der Waals surface area contributed by atoms with Crippen molar-refractivity contribution in [1.82, 2.24) is 4.90 Å². The average Bonchev–Trinajstić information content (AvgIpc) is 3.21. The van der Waals surface area contributed by atoms with E-state index in [0.29, 0.717) is 13.1 Å². The molecule has 1 aliphatic rings. The molecule has 0 aliphatic carbocycles. The van der Waals surface area contributed by atoms with Gasteiger partial charge in [-0.2, -0.15) is 0 Å². The minimum Gasteiger partial charge on any atom is -0.493 e. The number of nitrogens with zero attached hydrogens (tertiary/aromatic N) is 1. The minimum absolute atomic E-state index is 0.230. The van der Waals surface area contributed by atoms with Crippen LogP contribution in [0.3, 0.4) is 0 Å². The number of aliphatic hydroxyl groups excluding tert-OH is 1. The zero-order valence-corrected chi connectivity index (χ0v) is 16.1.